The molecule has 0 saturated carbocycles. The fraction of sp³-hybridized carbons (Fsp3) is 0.333. The third kappa shape index (κ3) is 3.24. The summed E-state index contributed by atoms with van der Waals surface area (Å²) in [5, 5.41) is 9.68. The number of anilines is 1. The molecule has 22 heavy (non-hydrogen) atoms. The Hall–Kier alpha value is -2.04. The molecule has 1 atom stereocenters. The van der Waals surface area contributed by atoms with Gasteiger partial charge in [-0.1, -0.05) is 30.3 Å². The average Bonchev–Trinajstić information content (AvgIpc) is 2.57. The SMILES string of the molecule is NCC(c1cccc(O)c1)N1CCN(c2ccccc2)CC1. The van der Waals surface area contributed by atoms with Gasteiger partial charge in [0, 0.05) is 44.5 Å². The van der Waals surface area contributed by atoms with Crippen LogP contribution in [0.15, 0.2) is 54.6 Å². The molecule has 0 aliphatic carbocycles. The summed E-state index contributed by atoms with van der Waals surface area (Å²) in [7, 11) is 0. The molecule has 4 nitrogen and oxygen atoms in total. The van der Waals surface area contributed by atoms with E-state index in [9.17, 15) is 5.11 Å². The molecule has 1 saturated heterocycles. The number of aromatic hydroxyl groups is 1. The van der Waals surface area contributed by atoms with Gasteiger partial charge in [0.25, 0.3) is 0 Å². The molecule has 1 fully saturated rings. The Balaban J connectivity index is 1.67. The lowest BCUT2D eigenvalue weighted by molar-refractivity contribution is 0.190. The topological polar surface area (TPSA) is 52.7 Å². The third-order valence-corrected chi connectivity index (χ3v) is 4.35. The van der Waals surface area contributed by atoms with Crippen LogP contribution in [0.3, 0.4) is 0 Å². The van der Waals surface area contributed by atoms with Gasteiger partial charge < -0.3 is 15.7 Å². The number of phenols is 1. The van der Waals surface area contributed by atoms with E-state index in [2.05, 4.69) is 34.1 Å². The smallest absolute Gasteiger partial charge is 0.115 e. The van der Waals surface area contributed by atoms with Crippen molar-refractivity contribution in [1.82, 2.24) is 4.90 Å². The van der Waals surface area contributed by atoms with E-state index in [0.717, 1.165) is 31.7 Å². The fourth-order valence-corrected chi connectivity index (χ4v) is 3.16. The molecule has 1 aliphatic rings. The van der Waals surface area contributed by atoms with Crippen molar-refractivity contribution in [3.05, 3.63) is 60.2 Å². The van der Waals surface area contributed by atoms with Crippen molar-refractivity contribution in [3.63, 3.8) is 0 Å². The van der Waals surface area contributed by atoms with Crippen molar-refractivity contribution >= 4 is 5.69 Å². The highest BCUT2D eigenvalue weighted by Crippen LogP contribution is 2.25. The second kappa shape index (κ2) is 6.81. The first-order chi connectivity index (χ1) is 10.8. The number of benzene rings is 2. The van der Waals surface area contributed by atoms with Crippen LogP contribution >= 0.6 is 0 Å². The molecule has 2 aromatic carbocycles. The first-order valence-corrected chi connectivity index (χ1v) is 7.81. The largest absolute Gasteiger partial charge is 0.508 e. The summed E-state index contributed by atoms with van der Waals surface area (Å²) in [6.45, 7) is 4.52. The van der Waals surface area contributed by atoms with Crippen molar-refractivity contribution in [2.45, 2.75) is 6.04 Å². The summed E-state index contributed by atoms with van der Waals surface area (Å²) in [4.78, 5) is 4.82. The number of phenolic OH excluding ortho intramolecular Hbond substituents is 1. The predicted molar refractivity (Wildman–Crippen MR) is 90.1 cm³/mol. The van der Waals surface area contributed by atoms with Crippen LogP contribution in [0.2, 0.25) is 0 Å². The lowest BCUT2D eigenvalue weighted by Crippen LogP contribution is -2.49. The summed E-state index contributed by atoms with van der Waals surface area (Å²) in [5.74, 6) is 0.305. The summed E-state index contributed by atoms with van der Waals surface area (Å²) in [6.07, 6.45) is 0. The van der Waals surface area contributed by atoms with Crippen molar-refractivity contribution in [2.24, 2.45) is 5.73 Å². The maximum absolute atomic E-state index is 9.68. The molecule has 0 radical (unpaired) electrons. The molecule has 0 bridgehead atoms. The van der Waals surface area contributed by atoms with Crippen molar-refractivity contribution in [1.29, 1.82) is 0 Å². The highest BCUT2D eigenvalue weighted by Gasteiger charge is 2.24. The minimum absolute atomic E-state index is 0.171. The Morgan fingerprint density at radius 3 is 2.32 bits per heavy atom. The highest BCUT2D eigenvalue weighted by atomic mass is 16.3. The monoisotopic (exact) mass is 297 g/mol. The van der Waals surface area contributed by atoms with Gasteiger partial charge in [0.05, 0.1) is 0 Å². The van der Waals surface area contributed by atoms with Gasteiger partial charge in [0.15, 0.2) is 0 Å². The van der Waals surface area contributed by atoms with Crippen LogP contribution in [0.4, 0.5) is 5.69 Å². The minimum Gasteiger partial charge on any atom is -0.508 e. The van der Waals surface area contributed by atoms with Crippen molar-refractivity contribution < 1.29 is 5.11 Å². The van der Waals surface area contributed by atoms with Gasteiger partial charge in [0.1, 0.15) is 5.75 Å². The van der Waals surface area contributed by atoms with E-state index in [1.54, 1.807) is 6.07 Å². The lowest BCUT2D eigenvalue weighted by atomic mass is 10.0. The van der Waals surface area contributed by atoms with Gasteiger partial charge in [0.2, 0.25) is 0 Å². The van der Waals surface area contributed by atoms with Crippen molar-refractivity contribution in [3.8, 4) is 5.75 Å². The molecule has 116 valence electrons. The molecule has 1 aliphatic heterocycles. The van der Waals surface area contributed by atoms with Gasteiger partial charge in [-0.3, -0.25) is 4.90 Å². The van der Waals surface area contributed by atoms with E-state index in [0.29, 0.717) is 12.3 Å². The second-order valence-corrected chi connectivity index (χ2v) is 5.71. The molecule has 1 heterocycles. The highest BCUT2D eigenvalue weighted by molar-refractivity contribution is 5.46. The molecular formula is C18H23N3O. The fourth-order valence-electron chi connectivity index (χ4n) is 3.16. The number of para-hydroxylation sites is 1. The van der Waals surface area contributed by atoms with Crippen LogP contribution < -0.4 is 10.6 Å². The zero-order valence-corrected chi connectivity index (χ0v) is 12.7. The molecule has 3 N–H and O–H groups in total. The molecule has 4 heteroatoms. The third-order valence-electron chi connectivity index (χ3n) is 4.35. The Bertz CT molecular complexity index is 594. The van der Waals surface area contributed by atoms with Crippen LogP contribution in [0, 0.1) is 0 Å². The number of nitrogens with zero attached hydrogens (tertiary/aromatic N) is 2. The Morgan fingerprint density at radius 2 is 1.68 bits per heavy atom. The Morgan fingerprint density at radius 1 is 0.955 bits per heavy atom. The number of rotatable bonds is 4. The summed E-state index contributed by atoms with van der Waals surface area (Å²) >= 11 is 0. The normalized spacial score (nSPS) is 17.4. The number of nitrogens with two attached hydrogens (primary N) is 1. The van der Waals surface area contributed by atoms with Gasteiger partial charge in [-0.25, -0.2) is 0 Å². The first kappa shape index (κ1) is 14.9. The van der Waals surface area contributed by atoms with E-state index in [-0.39, 0.29) is 6.04 Å². The molecule has 2 aromatic rings. The quantitative estimate of drug-likeness (QED) is 0.908. The molecule has 1 unspecified atom stereocenters. The van der Waals surface area contributed by atoms with E-state index in [1.165, 1.54) is 5.69 Å². The van der Waals surface area contributed by atoms with Crippen LogP contribution in [0.5, 0.6) is 5.75 Å². The molecule has 0 aromatic heterocycles. The Labute approximate surface area is 131 Å². The molecule has 0 amide bonds. The van der Waals surface area contributed by atoms with Crippen molar-refractivity contribution in [2.75, 3.05) is 37.6 Å². The maximum atomic E-state index is 9.68. The van der Waals surface area contributed by atoms with Crippen LogP contribution in [-0.2, 0) is 0 Å². The number of hydrogen-bond donors (Lipinski definition) is 2. The summed E-state index contributed by atoms with van der Waals surface area (Å²) < 4.78 is 0. The van der Waals surface area contributed by atoms with E-state index in [1.807, 2.05) is 24.3 Å². The average molecular weight is 297 g/mol. The number of hydrogen-bond acceptors (Lipinski definition) is 4. The van der Waals surface area contributed by atoms with Gasteiger partial charge in [-0.15, -0.1) is 0 Å². The zero-order chi connectivity index (χ0) is 15.4. The van der Waals surface area contributed by atoms with Gasteiger partial charge >= 0.3 is 0 Å². The molecule has 3 rings (SSSR count). The van der Waals surface area contributed by atoms with Crippen LogP contribution in [0.1, 0.15) is 11.6 Å². The standard InChI is InChI=1S/C18H23N3O/c19-14-18(15-5-4-8-17(22)13-15)21-11-9-20(10-12-21)16-6-2-1-3-7-16/h1-8,13,18,22H,9-12,14,19H2. The summed E-state index contributed by atoms with van der Waals surface area (Å²) in [5.41, 5.74) is 8.37. The summed E-state index contributed by atoms with van der Waals surface area (Å²) in [6, 6.07) is 18.1. The zero-order valence-electron chi connectivity index (χ0n) is 12.7. The lowest BCUT2D eigenvalue weighted by Gasteiger charge is -2.40. The van der Waals surface area contributed by atoms with E-state index < -0.39 is 0 Å². The van der Waals surface area contributed by atoms with Crippen LogP contribution in [0.25, 0.3) is 0 Å². The van der Waals surface area contributed by atoms with Gasteiger partial charge in [-0.05, 0) is 29.8 Å². The number of piperazine rings is 1. The van der Waals surface area contributed by atoms with E-state index >= 15 is 0 Å². The second-order valence-electron chi connectivity index (χ2n) is 5.71. The van der Waals surface area contributed by atoms with Crippen LogP contribution in [-0.4, -0.2) is 42.7 Å². The Kier molecular flexibility index (Phi) is 4.61. The molecular weight excluding hydrogens is 274 g/mol. The van der Waals surface area contributed by atoms with Gasteiger partial charge in [-0.2, -0.15) is 0 Å². The molecule has 0 spiro atoms. The van der Waals surface area contributed by atoms with E-state index in [4.69, 9.17) is 5.73 Å². The first-order valence-electron chi connectivity index (χ1n) is 7.81. The maximum Gasteiger partial charge on any atom is 0.115 e. The minimum atomic E-state index is 0.171. The predicted octanol–water partition coefficient (Wildman–Crippen LogP) is 2.21.